The fourth-order valence-electron chi connectivity index (χ4n) is 1.94. The zero-order valence-electron chi connectivity index (χ0n) is 10.8. The minimum Gasteiger partial charge on any atom is -0.292 e. The molecule has 0 aliphatic rings. The van der Waals surface area contributed by atoms with Crippen LogP contribution in [0.2, 0.25) is 0 Å². The highest BCUT2D eigenvalue weighted by molar-refractivity contribution is 6.06. The summed E-state index contributed by atoms with van der Waals surface area (Å²) < 4.78 is 1.92. The van der Waals surface area contributed by atoms with Crippen LogP contribution < -0.4 is 0 Å². The molecule has 17 heavy (non-hydrogen) atoms. The summed E-state index contributed by atoms with van der Waals surface area (Å²) in [4.78, 5) is 12.1. The van der Waals surface area contributed by atoms with Gasteiger partial charge in [0.05, 0.1) is 5.52 Å². The Hall–Kier alpha value is -1.64. The second-order valence-electron chi connectivity index (χ2n) is 4.92. The van der Waals surface area contributed by atoms with Crippen LogP contribution in [0.1, 0.15) is 44.2 Å². The monoisotopic (exact) mass is 230 g/mol. The van der Waals surface area contributed by atoms with Gasteiger partial charge in [0, 0.05) is 17.3 Å². The van der Waals surface area contributed by atoms with Crippen molar-refractivity contribution in [1.29, 1.82) is 0 Å². The first-order valence-corrected chi connectivity index (χ1v) is 6.03. The van der Waals surface area contributed by atoms with Gasteiger partial charge in [-0.3, -0.25) is 9.48 Å². The van der Waals surface area contributed by atoms with Crippen molar-refractivity contribution in [3.8, 4) is 0 Å². The Morgan fingerprint density at radius 1 is 1.18 bits per heavy atom. The number of Topliss-reactive ketones (excluding diaryl/α,β-unsaturated/α-hetero) is 1. The minimum atomic E-state index is -0.0195. The summed E-state index contributed by atoms with van der Waals surface area (Å²) in [5.74, 6) is 0.0921. The summed E-state index contributed by atoms with van der Waals surface area (Å²) in [7, 11) is 0. The number of rotatable bonds is 3. The molecule has 90 valence electrons. The van der Waals surface area contributed by atoms with E-state index in [1.165, 1.54) is 0 Å². The Bertz CT molecular complexity index is 552. The smallest absolute Gasteiger partial charge is 0.186 e. The van der Waals surface area contributed by atoms with Gasteiger partial charge in [0.25, 0.3) is 0 Å². The molecule has 1 aromatic heterocycles. The number of ketones is 1. The molecule has 0 aliphatic heterocycles. The van der Waals surface area contributed by atoms with Gasteiger partial charge in [0.1, 0.15) is 5.69 Å². The van der Waals surface area contributed by atoms with E-state index >= 15 is 0 Å². The van der Waals surface area contributed by atoms with Crippen LogP contribution in [0.15, 0.2) is 24.3 Å². The van der Waals surface area contributed by atoms with Crippen molar-refractivity contribution in [2.45, 2.75) is 33.7 Å². The van der Waals surface area contributed by atoms with Gasteiger partial charge in [0.2, 0.25) is 0 Å². The SMILES string of the molecule is CC(C)C(=O)c1nn(C(C)C)c2ccccc12. The fraction of sp³-hybridized carbons (Fsp3) is 0.429. The van der Waals surface area contributed by atoms with E-state index in [2.05, 4.69) is 18.9 Å². The van der Waals surface area contributed by atoms with E-state index in [0.717, 1.165) is 10.9 Å². The first-order chi connectivity index (χ1) is 8.02. The molecule has 0 radical (unpaired) electrons. The highest BCUT2D eigenvalue weighted by Gasteiger charge is 2.19. The van der Waals surface area contributed by atoms with Gasteiger partial charge in [0.15, 0.2) is 5.78 Å². The standard InChI is InChI=1S/C14H18N2O/c1-9(2)14(17)13-11-7-5-6-8-12(11)16(15-13)10(3)4/h5-10H,1-4H3. The van der Waals surface area contributed by atoms with Gasteiger partial charge >= 0.3 is 0 Å². The zero-order valence-corrected chi connectivity index (χ0v) is 10.8. The van der Waals surface area contributed by atoms with Crippen LogP contribution in [0, 0.1) is 5.92 Å². The molecule has 0 atom stereocenters. The Morgan fingerprint density at radius 2 is 1.82 bits per heavy atom. The molecule has 0 amide bonds. The number of hydrogen-bond donors (Lipinski definition) is 0. The quantitative estimate of drug-likeness (QED) is 0.757. The molecule has 3 heteroatoms. The van der Waals surface area contributed by atoms with E-state index in [-0.39, 0.29) is 17.7 Å². The maximum Gasteiger partial charge on any atom is 0.186 e. The number of carbonyl (C=O) groups excluding carboxylic acids is 1. The summed E-state index contributed by atoms with van der Waals surface area (Å²) in [5, 5.41) is 5.44. The van der Waals surface area contributed by atoms with Gasteiger partial charge < -0.3 is 0 Å². The van der Waals surface area contributed by atoms with E-state index in [4.69, 9.17) is 0 Å². The van der Waals surface area contributed by atoms with Crippen LogP contribution in [0.3, 0.4) is 0 Å². The van der Waals surface area contributed by atoms with Crippen LogP contribution in [0.4, 0.5) is 0 Å². The lowest BCUT2D eigenvalue weighted by molar-refractivity contribution is 0.0935. The molecule has 0 saturated carbocycles. The predicted octanol–water partition coefficient (Wildman–Crippen LogP) is 3.46. The third kappa shape index (κ3) is 1.97. The molecule has 0 bridgehead atoms. The second kappa shape index (κ2) is 4.32. The second-order valence-corrected chi connectivity index (χ2v) is 4.92. The molecule has 0 unspecified atom stereocenters. The molecule has 2 rings (SSSR count). The van der Waals surface area contributed by atoms with E-state index in [0.29, 0.717) is 5.69 Å². The topological polar surface area (TPSA) is 34.9 Å². The molecule has 1 aromatic carbocycles. The average molecular weight is 230 g/mol. The zero-order chi connectivity index (χ0) is 12.6. The molecular formula is C14H18N2O. The third-order valence-corrected chi connectivity index (χ3v) is 2.86. The number of nitrogens with zero attached hydrogens (tertiary/aromatic N) is 2. The molecule has 0 spiro atoms. The molecule has 0 saturated heterocycles. The van der Waals surface area contributed by atoms with Crippen LogP contribution >= 0.6 is 0 Å². The van der Waals surface area contributed by atoms with Gasteiger partial charge in [-0.1, -0.05) is 32.0 Å². The minimum absolute atomic E-state index is 0.0195. The highest BCUT2D eigenvalue weighted by Crippen LogP contribution is 2.23. The van der Waals surface area contributed by atoms with Crippen LogP contribution in [-0.2, 0) is 0 Å². The van der Waals surface area contributed by atoms with E-state index < -0.39 is 0 Å². The Balaban J connectivity index is 2.69. The molecule has 2 aromatic rings. The predicted molar refractivity (Wildman–Crippen MR) is 69.3 cm³/mol. The van der Waals surface area contributed by atoms with Crippen molar-refractivity contribution in [3.05, 3.63) is 30.0 Å². The molecule has 3 nitrogen and oxygen atoms in total. The number of hydrogen-bond acceptors (Lipinski definition) is 2. The summed E-state index contributed by atoms with van der Waals surface area (Å²) in [6.45, 7) is 7.96. The van der Waals surface area contributed by atoms with Crippen LogP contribution in [0.25, 0.3) is 10.9 Å². The Morgan fingerprint density at radius 3 is 2.41 bits per heavy atom. The fourth-order valence-corrected chi connectivity index (χ4v) is 1.94. The molecule has 0 fully saturated rings. The maximum absolute atomic E-state index is 12.1. The van der Waals surface area contributed by atoms with Crippen molar-refractivity contribution in [2.75, 3.05) is 0 Å². The number of fused-ring (bicyclic) bond motifs is 1. The number of benzene rings is 1. The van der Waals surface area contributed by atoms with E-state index in [9.17, 15) is 4.79 Å². The molecule has 1 heterocycles. The maximum atomic E-state index is 12.1. The highest BCUT2D eigenvalue weighted by atomic mass is 16.1. The number of carbonyl (C=O) groups is 1. The molecule has 0 aliphatic carbocycles. The summed E-state index contributed by atoms with van der Waals surface area (Å²) in [5.41, 5.74) is 1.64. The van der Waals surface area contributed by atoms with E-state index in [1.807, 2.05) is 42.8 Å². The Labute approximate surface area is 101 Å². The lowest BCUT2D eigenvalue weighted by Gasteiger charge is -2.06. The lowest BCUT2D eigenvalue weighted by Crippen LogP contribution is -2.10. The van der Waals surface area contributed by atoms with Crippen molar-refractivity contribution < 1.29 is 4.79 Å². The van der Waals surface area contributed by atoms with E-state index in [1.54, 1.807) is 0 Å². The number of para-hydroxylation sites is 1. The summed E-state index contributed by atoms with van der Waals surface area (Å²) in [6.07, 6.45) is 0. The summed E-state index contributed by atoms with van der Waals surface area (Å²) >= 11 is 0. The summed E-state index contributed by atoms with van der Waals surface area (Å²) in [6, 6.07) is 8.17. The first kappa shape index (κ1) is 11.8. The van der Waals surface area contributed by atoms with Crippen molar-refractivity contribution in [2.24, 2.45) is 5.92 Å². The lowest BCUT2D eigenvalue weighted by atomic mass is 10.0. The van der Waals surface area contributed by atoms with Crippen LogP contribution in [-0.4, -0.2) is 15.6 Å². The van der Waals surface area contributed by atoms with Gasteiger partial charge in [-0.25, -0.2) is 0 Å². The van der Waals surface area contributed by atoms with Crippen molar-refractivity contribution in [1.82, 2.24) is 9.78 Å². The van der Waals surface area contributed by atoms with Crippen LogP contribution in [0.5, 0.6) is 0 Å². The number of aromatic nitrogens is 2. The molecular weight excluding hydrogens is 212 g/mol. The third-order valence-electron chi connectivity index (χ3n) is 2.86. The van der Waals surface area contributed by atoms with Gasteiger partial charge in [-0.15, -0.1) is 0 Å². The van der Waals surface area contributed by atoms with Gasteiger partial charge in [-0.05, 0) is 19.9 Å². The molecule has 0 N–H and O–H groups in total. The normalized spacial score (nSPS) is 11.6. The first-order valence-electron chi connectivity index (χ1n) is 6.03. The van der Waals surface area contributed by atoms with Crippen molar-refractivity contribution >= 4 is 16.7 Å². The Kier molecular flexibility index (Phi) is 3.01. The largest absolute Gasteiger partial charge is 0.292 e. The van der Waals surface area contributed by atoms with Gasteiger partial charge in [-0.2, -0.15) is 5.10 Å². The van der Waals surface area contributed by atoms with Crippen molar-refractivity contribution in [3.63, 3.8) is 0 Å². The average Bonchev–Trinajstić information content (AvgIpc) is 2.67.